The van der Waals surface area contributed by atoms with Crippen molar-refractivity contribution in [1.29, 1.82) is 0 Å². The summed E-state index contributed by atoms with van der Waals surface area (Å²) in [5, 5.41) is 11.2. The van der Waals surface area contributed by atoms with E-state index in [9.17, 15) is 19.3 Å². The van der Waals surface area contributed by atoms with E-state index in [1.54, 1.807) is 30.5 Å². The van der Waals surface area contributed by atoms with Gasteiger partial charge in [0, 0.05) is 22.6 Å². The van der Waals surface area contributed by atoms with Crippen molar-refractivity contribution in [3.05, 3.63) is 80.4 Å². The molecule has 0 amide bonds. The summed E-state index contributed by atoms with van der Waals surface area (Å²) >= 11 is 5.88. The zero-order valence-electron chi connectivity index (χ0n) is 16.4. The van der Waals surface area contributed by atoms with Gasteiger partial charge < -0.3 is 14.0 Å². The molecule has 0 aliphatic carbocycles. The molecule has 0 fully saturated rings. The highest BCUT2D eigenvalue weighted by Gasteiger charge is 2.21. The molecule has 1 aromatic heterocycles. The maximum absolute atomic E-state index is 13.5. The summed E-state index contributed by atoms with van der Waals surface area (Å²) in [5.41, 5.74) is 2.07. The molecular formula is C21H18ClFN2O5. The number of carbonyl (C=O) groups is 1. The number of halogens is 2. The number of aryl methyl sites for hydroxylation is 1. The highest BCUT2D eigenvalue weighted by atomic mass is 35.5. The highest BCUT2D eigenvalue weighted by Crippen LogP contribution is 2.31. The van der Waals surface area contributed by atoms with Gasteiger partial charge in [-0.3, -0.25) is 14.9 Å². The SMILES string of the molecule is COc1ccc(OCC(=O)c2cc(C)n(-c3ccc(F)c(Cl)c3)c2C)c([N+](=O)[O-])c1. The summed E-state index contributed by atoms with van der Waals surface area (Å²) < 4.78 is 25.7. The van der Waals surface area contributed by atoms with Crippen LogP contribution in [0.15, 0.2) is 42.5 Å². The molecule has 0 aliphatic rings. The molecular weight excluding hydrogens is 415 g/mol. The first-order chi connectivity index (χ1) is 14.2. The van der Waals surface area contributed by atoms with Crippen molar-refractivity contribution in [2.45, 2.75) is 13.8 Å². The molecule has 0 bridgehead atoms. The average molecular weight is 433 g/mol. The fourth-order valence-electron chi connectivity index (χ4n) is 3.18. The van der Waals surface area contributed by atoms with Crippen LogP contribution in [0.1, 0.15) is 21.7 Å². The average Bonchev–Trinajstić information content (AvgIpc) is 3.02. The zero-order chi connectivity index (χ0) is 22.0. The number of nitrogens with zero attached hydrogens (tertiary/aromatic N) is 2. The van der Waals surface area contributed by atoms with Crippen LogP contribution in [0.5, 0.6) is 11.5 Å². The lowest BCUT2D eigenvalue weighted by atomic mass is 10.1. The van der Waals surface area contributed by atoms with Crippen LogP contribution in [0.2, 0.25) is 5.02 Å². The van der Waals surface area contributed by atoms with Crippen LogP contribution in [-0.4, -0.2) is 29.0 Å². The number of methoxy groups -OCH3 is 1. The van der Waals surface area contributed by atoms with Gasteiger partial charge in [0.1, 0.15) is 11.6 Å². The monoisotopic (exact) mass is 432 g/mol. The van der Waals surface area contributed by atoms with E-state index in [0.29, 0.717) is 22.7 Å². The lowest BCUT2D eigenvalue weighted by Crippen LogP contribution is -2.13. The Morgan fingerprint density at radius 2 is 1.93 bits per heavy atom. The van der Waals surface area contributed by atoms with Gasteiger partial charge in [0.2, 0.25) is 5.78 Å². The van der Waals surface area contributed by atoms with E-state index in [2.05, 4.69) is 0 Å². The Hall–Kier alpha value is -3.39. The first-order valence-electron chi connectivity index (χ1n) is 8.85. The number of hydrogen-bond acceptors (Lipinski definition) is 5. The molecule has 0 aliphatic heterocycles. The normalized spacial score (nSPS) is 10.7. The number of benzene rings is 2. The van der Waals surface area contributed by atoms with E-state index in [1.807, 2.05) is 0 Å². The molecule has 0 spiro atoms. The Morgan fingerprint density at radius 1 is 1.20 bits per heavy atom. The van der Waals surface area contributed by atoms with Gasteiger partial charge in [-0.1, -0.05) is 11.6 Å². The van der Waals surface area contributed by atoms with Gasteiger partial charge in [-0.2, -0.15) is 0 Å². The number of carbonyl (C=O) groups excluding carboxylic acids is 1. The Bertz CT molecular complexity index is 1140. The minimum atomic E-state index is -0.605. The third-order valence-electron chi connectivity index (χ3n) is 4.61. The quantitative estimate of drug-likeness (QED) is 0.296. The van der Waals surface area contributed by atoms with E-state index in [-0.39, 0.29) is 28.8 Å². The summed E-state index contributed by atoms with van der Waals surface area (Å²) in [6, 6.07) is 10.1. The molecule has 0 atom stereocenters. The number of hydrogen-bond donors (Lipinski definition) is 0. The van der Waals surface area contributed by atoms with Crippen LogP contribution in [0.25, 0.3) is 5.69 Å². The number of ether oxygens (including phenoxy) is 2. The number of nitro benzene ring substituents is 1. The maximum Gasteiger partial charge on any atom is 0.314 e. The van der Waals surface area contributed by atoms with Crippen LogP contribution in [-0.2, 0) is 0 Å². The van der Waals surface area contributed by atoms with Crippen molar-refractivity contribution >= 4 is 23.1 Å². The summed E-state index contributed by atoms with van der Waals surface area (Å²) in [6.45, 7) is 3.16. The standard InChI is InChI=1S/C21H18ClFN2O5/c1-12-8-16(13(2)24(12)14-4-6-18(23)17(22)9-14)20(26)11-30-21-7-5-15(29-3)10-19(21)25(27)28/h4-10H,11H2,1-3H3. The van der Waals surface area contributed by atoms with Gasteiger partial charge in [0.25, 0.3) is 0 Å². The Balaban J connectivity index is 1.85. The van der Waals surface area contributed by atoms with E-state index < -0.39 is 10.7 Å². The molecule has 2 aromatic carbocycles. The molecule has 3 aromatic rings. The molecule has 0 saturated carbocycles. The van der Waals surface area contributed by atoms with Crippen molar-refractivity contribution in [2.24, 2.45) is 0 Å². The van der Waals surface area contributed by atoms with Gasteiger partial charge in [-0.15, -0.1) is 0 Å². The maximum atomic E-state index is 13.5. The Labute approximate surface area is 176 Å². The molecule has 3 rings (SSSR count). The minimum absolute atomic E-state index is 0.0250. The van der Waals surface area contributed by atoms with Crippen molar-refractivity contribution < 1.29 is 23.6 Å². The van der Waals surface area contributed by atoms with Crippen LogP contribution >= 0.6 is 11.6 Å². The van der Waals surface area contributed by atoms with E-state index in [4.69, 9.17) is 21.1 Å². The minimum Gasteiger partial charge on any atom is -0.496 e. The van der Waals surface area contributed by atoms with Gasteiger partial charge in [-0.25, -0.2) is 4.39 Å². The number of ketones is 1. The summed E-state index contributed by atoms with van der Waals surface area (Å²) in [7, 11) is 1.40. The molecule has 0 N–H and O–H groups in total. The van der Waals surface area contributed by atoms with Crippen LogP contribution in [0, 0.1) is 29.8 Å². The van der Waals surface area contributed by atoms with Crippen LogP contribution in [0.4, 0.5) is 10.1 Å². The van der Waals surface area contributed by atoms with E-state index in [1.165, 1.54) is 37.4 Å². The lowest BCUT2D eigenvalue weighted by Gasteiger charge is -2.11. The predicted octanol–water partition coefficient (Wildman–Crippen LogP) is 5.07. The molecule has 1 heterocycles. The van der Waals surface area contributed by atoms with Crippen LogP contribution < -0.4 is 9.47 Å². The lowest BCUT2D eigenvalue weighted by molar-refractivity contribution is -0.385. The Kier molecular flexibility index (Phi) is 6.07. The van der Waals surface area contributed by atoms with E-state index >= 15 is 0 Å². The fraction of sp³-hybridized carbons (Fsp3) is 0.190. The Morgan fingerprint density at radius 3 is 2.57 bits per heavy atom. The molecule has 7 nitrogen and oxygen atoms in total. The summed E-state index contributed by atoms with van der Waals surface area (Å²) in [6.07, 6.45) is 0. The topological polar surface area (TPSA) is 83.6 Å². The second kappa shape index (κ2) is 8.54. The highest BCUT2D eigenvalue weighted by molar-refractivity contribution is 6.30. The van der Waals surface area contributed by atoms with Gasteiger partial charge in [0.15, 0.2) is 12.4 Å². The molecule has 30 heavy (non-hydrogen) atoms. The summed E-state index contributed by atoms with van der Waals surface area (Å²) in [5.74, 6) is -0.614. The van der Waals surface area contributed by atoms with Crippen molar-refractivity contribution in [3.63, 3.8) is 0 Å². The molecule has 156 valence electrons. The molecule has 9 heteroatoms. The summed E-state index contributed by atoms with van der Waals surface area (Å²) in [4.78, 5) is 23.4. The van der Waals surface area contributed by atoms with Crippen LogP contribution in [0.3, 0.4) is 0 Å². The zero-order valence-corrected chi connectivity index (χ0v) is 17.2. The fourth-order valence-corrected chi connectivity index (χ4v) is 3.35. The smallest absolute Gasteiger partial charge is 0.314 e. The number of aromatic nitrogens is 1. The second-order valence-electron chi connectivity index (χ2n) is 6.52. The number of Topliss-reactive ketones (excluding diaryl/α,β-unsaturated/α-hetero) is 1. The molecule has 0 radical (unpaired) electrons. The predicted molar refractivity (Wildman–Crippen MR) is 110 cm³/mol. The van der Waals surface area contributed by atoms with Crippen molar-refractivity contribution in [2.75, 3.05) is 13.7 Å². The first kappa shape index (κ1) is 21.3. The van der Waals surface area contributed by atoms with E-state index in [0.717, 1.165) is 5.69 Å². The first-order valence-corrected chi connectivity index (χ1v) is 9.23. The van der Waals surface area contributed by atoms with Gasteiger partial charge in [0.05, 0.1) is 23.1 Å². The molecule has 0 unspecified atom stereocenters. The number of rotatable bonds is 7. The third kappa shape index (κ3) is 4.13. The molecule has 0 saturated heterocycles. The largest absolute Gasteiger partial charge is 0.496 e. The third-order valence-corrected chi connectivity index (χ3v) is 4.90. The van der Waals surface area contributed by atoms with Gasteiger partial charge >= 0.3 is 5.69 Å². The van der Waals surface area contributed by atoms with Crippen molar-refractivity contribution in [3.8, 4) is 17.2 Å². The van der Waals surface area contributed by atoms with Gasteiger partial charge in [-0.05, 0) is 50.2 Å². The number of nitro groups is 1. The van der Waals surface area contributed by atoms with Crippen molar-refractivity contribution in [1.82, 2.24) is 4.57 Å². The second-order valence-corrected chi connectivity index (χ2v) is 6.93.